The highest BCUT2D eigenvalue weighted by Crippen LogP contribution is 2.34. The first kappa shape index (κ1) is 37.5. The number of piperazine rings is 1. The summed E-state index contributed by atoms with van der Waals surface area (Å²) in [6.45, 7) is 8.10. The van der Waals surface area contributed by atoms with Crippen molar-refractivity contribution in [2.75, 3.05) is 26.2 Å². The molecule has 2 amide bonds. The van der Waals surface area contributed by atoms with Gasteiger partial charge in [0.2, 0.25) is 11.8 Å². The lowest BCUT2D eigenvalue weighted by molar-refractivity contribution is -0.132. The molecule has 3 aromatic carbocycles. The number of hydrogen-bond acceptors (Lipinski definition) is 6. The fraction of sp³-hybridized carbons (Fsp3) is 0.459. The van der Waals surface area contributed by atoms with Crippen LogP contribution in [-0.2, 0) is 29.0 Å². The summed E-state index contributed by atoms with van der Waals surface area (Å²) in [7, 11) is 0. The summed E-state index contributed by atoms with van der Waals surface area (Å²) in [5.74, 6) is -1.57. The molecular formula is C37H44Cl3FN4O4. The fourth-order valence-corrected chi connectivity index (χ4v) is 7.24. The topological polar surface area (TPSA) is 105 Å². The van der Waals surface area contributed by atoms with Gasteiger partial charge in [0.25, 0.3) is 0 Å². The zero-order valence-electron chi connectivity index (χ0n) is 27.9. The Kier molecular flexibility index (Phi) is 12.3. The van der Waals surface area contributed by atoms with E-state index >= 15 is 0 Å². The predicted octanol–water partition coefficient (Wildman–Crippen LogP) is 5.57. The zero-order valence-corrected chi connectivity index (χ0v) is 30.2. The number of nitrogens with zero attached hydrogens (tertiary/aromatic N) is 2. The van der Waals surface area contributed by atoms with Gasteiger partial charge in [0, 0.05) is 55.6 Å². The zero-order chi connectivity index (χ0) is 35.5. The van der Waals surface area contributed by atoms with Gasteiger partial charge in [-0.25, -0.2) is 4.39 Å². The highest BCUT2D eigenvalue weighted by Gasteiger charge is 2.37. The van der Waals surface area contributed by atoms with Gasteiger partial charge in [-0.05, 0) is 92.3 Å². The van der Waals surface area contributed by atoms with E-state index in [1.807, 2.05) is 43.9 Å². The van der Waals surface area contributed by atoms with Crippen molar-refractivity contribution in [2.45, 2.75) is 76.4 Å². The molecule has 5 atom stereocenters. The van der Waals surface area contributed by atoms with E-state index in [1.165, 1.54) is 12.1 Å². The first-order chi connectivity index (χ1) is 23.1. The fourth-order valence-electron chi connectivity index (χ4n) is 6.74. The molecule has 0 unspecified atom stereocenters. The number of halogens is 4. The highest BCUT2D eigenvalue weighted by atomic mass is 35.5. The second-order valence-corrected chi connectivity index (χ2v) is 15.5. The Morgan fingerprint density at radius 2 is 1.69 bits per heavy atom. The molecule has 2 aliphatic rings. The molecule has 1 saturated heterocycles. The molecule has 5 rings (SSSR count). The minimum atomic E-state index is -0.960. The molecular weight excluding hydrogens is 690 g/mol. The van der Waals surface area contributed by atoms with E-state index in [-0.39, 0.29) is 37.0 Å². The average molecular weight is 734 g/mol. The molecule has 12 heteroatoms. The summed E-state index contributed by atoms with van der Waals surface area (Å²) < 4.78 is 13.7. The number of β-amino-alcohol motifs (C(OH)–C–C–N with tert-alkyl or cyclic N) is 1. The van der Waals surface area contributed by atoms with Crippen LogP contribution in [0.15, 0.2) is 60.7 Å². The number of aliphatic hydroxyl groups is 2. The lowest BCUT2D eigenvalue weighted by atomic mass is 9.91. The Balaban J connectivity index is 1.31. The van der Waals surface area contributed by atoms with Gasteiger partial charge in [-0.1, -0.05) is 59.1 Å². The van der Waals surface area contributed by atoms with Crippen molar-refractivity contribution < 1.29 is 24.2 Å². The van der Waals surface area contributed by atoms with Gasteiger partial charge >= 0.3 is 0 Å². The van der Waals surface area contributed by atoms with Gasteiger partial charge in [0.05, 0.1) is 28.3 Å². The van der Waals surface area contributed by atoms with Crippen LogP contribution in [0.25, 0.3) is 0 Å². The van der Waals surface area contributed by atoms with E-state index in [4.69, 9.17) is 34.8 Å². The normalized spacial score (nSPS) is 21.2. The Morgan fingerprint density at radius 1 is 0.980 bits per heavy atom. The summed E-state index contributed by atoms with van der Waals surface area (Å²) >= 11 is 18.6. The maximum Gasteiger partial charge on any atom is 0.239 e. The molecule has 8 nitrogen and oxygen atoms in total. The standard InChI is InChI=1S/C37H44Cl3FN4O4/c1-37(2,3)43-36(49)32-21-44(19-23-6-11-30(39)31(40)15-23)12-13-45(32)20-28(46)16-25(14-22-4-9-27(41)10-5-22)35(48)42-34-29-18-26(38)8-7-24(29)17-33(34)47/h4-11,15,18,25,28,32-34,46-47H,12-14,16-17,19-21H2,1-3H3,(H,42,48)(H,43,49)/t25-,28+,32+,33-,34+/m1/s1. The van der Waals surface area contributed by atoms with Crippen molar-refractivity contribution in [3.63, 3.8) is 0 Å². The first-order valence-electron chi connectivity index (χ1n) is 16.6. The van der Waals surface area contributed by atoms with Gasteiger partial charge in [-0.2, -0.15) is 0 Å². The molecule has 0 bridgehead atoms. The lowest BCUT2D eigenvalue weighted by Crippen LogP contribution is -2.61. The predicted molar refractivity (Wildman–Crippen MR) is 191 cm³/mol. The van der Waals surface area contributed by atoms with Crippen LogP contribution in [0.5, 0.6) is 0 Å². The van der Waals surface area contributed by atoms with E-state index in [1.54, 1.807) is 30.3 Å². The third kappa shape index (κ3) is 10.2. The van der Waals surface area contributed by atoms with E-state index in [0.717, 1.165) is 22.3 Å². The molecule has 1 aliphatic carbocycles. The third-order valence-electron chi connectivity index (χ3n) is 9.09. The van der Waals surface area contributed by atoms with Crippen LogP contribution < -0.4 is 10.6 Å². The molecule has 264 valence electrons. The van der Waals surface area contributed by atoms with Gasteiger partial charge in [-0.3, -0.25) is 19.4 Å². The molecule has 1 fully saturated rings. The quantitative estimate of drug-likeness (QED) is 0.206. The van der Waals surface area contributed by atoms with Gasteiger partial charge in [0.15, 0.2) is 0 Å². The number of benzene rings is 3. The van der Waals surface area contributed by atoms with Crippen molar-refractivity contribution >= 4 is 46.6 Å². The van der Waals surface area contributed by atoms with Crippen LogP contribution in [0.4, 0.5) is 4.39 Å². The maximum absolute atomic E-state index is 13.9. The number of aliphatic hydroxyl groups excluding tert-OH is 2. The highest BCUT2D eigenvalue weighted by molar-refractivity contribution is 6.42. The van der Waals surface area contributed by atoms with Crippen LogP contribution in [-0.4, -0.2) is 81.8 Å². The van der Waals surface area contributed by atoms with E-state index in [9.17, 15) is 24.2 Å². The Bertz CT molecular complexity index is 1640. The minimum Gasteiger partial charge on any atom is -0.392 e. The number of carbonyl (C=O) groups excluding carboxylic acids is 2. The number of fused-ring (bicyclic) bond motifs is 1. The smallest absolute Gasteiger partial charge is 0.239 e. The molecule has 4 N–H and O–H groups in total. The van der Waals surface area contributed by atoms with Crippen LogP contribution in [0.2, 0.25) is 15.1 Å². The summed E-state index contributed by atoms with van der Waals surface area (Å²) in [5.41, 5.74) is 2.93. The molecule has 0 aromatic heterocycles. The summed E-state index contributed by atoms with van der Waals surface area (Å²) in [6.07, 6.45) is -1.06. The maximum atomic E-state index is 13.9. The first-order valence-corrected chi connectivity index (χ1v) is 17.7. The number of carbonyl (C=O) groups is 2. The van der Waals surface area contributed by atoms with Crippen LogP contribution in [0.3, 0.4) is 0 Å². The molecule has 1 heterocycles. The number of amides is 2. The van der Waals surface area contributed by atoms with Crippen molar-refractivity contribution in [1.82, 2.24) is 20.4 Å². The molecule has 0 radical (unpaired) electrons. The molecule has 1 aliphatic heterocycles. The Labute approximate surface area is 302 Å². The lowest BCUT2D eigenvalue weighted by Gasteiger charge is -2.42. The summed E-state index contributed by atoms with van der Waals surface area (Å²) in [5, 5.41) is 29.9. The van der Waals surface area contributed by atoms with Crippen molar-refractivity contribution in [3.05, 3.63) is 104 Å². The van der Waals surface area contributed by atoms with Crippen LogP contribution in [0, 0.1) is 11.7 Å². The Hall–Kier alpha value is -2.76. The van der Waals surface area contributed by atoms with Crippen molar-refractivity contribution in [1.29, 1.82) is 0 Å². The molecule has 3 aromatic rings. The van der Waals surface area contributed by atoms with Crippen LogP contribution in [0.1, 0.15) is 55.5 Å². The molecule has 49 heavy (non-hydrogen) atoms. The number of rotatable bonds is 11. The number of nitrogens with one attached hydrogen (secondary N) is 2. The van der Waals surface area contributed by atoms with Gasteiger partial charge in [-0.15, -0.1) is 0 Å². The van der Waals surface area contributed by atoms with Crippen molar-refractivity contribution in [2.24, 2.45) is 5.92 Å². The second kappa shape index (κ2) is 16.1. The van der Waals surface area contributed by atoms with Crippen LogP contribution >= 0.6 is 34.8 Å². The SMILES string of the molecule is CC(C)(C)NC(=O)[C@@H]1CN(Cc2ccc(Cl)c(Cl)c2)CCN1C[C@@H](O)C[C@@H](Cc1ccc(F)cc1)C(=O)N[C@H]1c2cc(Cl)ccc2C[C@H]1O. The van der Waals surface area contributed by atoms with E-state index < -0.39 is 35.7 Å². The second-order valence-electron chi connectivity index (χ2n) is 14.3. The van der Waals surface area contributed by atoms with E-state index in [0.29, 0.717) is 47.7 Å². The Morgan fingerprint density at radius 3 is 2.39 bits per heavy atom. The molecule has 0 saturated carbocycles. The monoisotopic (exact) mass is 732 g/mol. The third-order valence-corrected chi connectivity index (χ3v) is 10.1. The van der Waals surface area contributed by atoms with Gasteiger partial charge < -0.3 is 20.8 Å². The summed E-state index contributed by atoms with van der Waals surface area (Å²) in [4.78, 5) is 31.7. The molecule has 0 spiro atoms. The van der Waals surface area contributed by atoms with E-state index in [2.05, 4.69) is 15.5 Å². The number of hydrogen-bond donors (Lipinski definition) is 4. The largest absolute Gasteiger partial charge is 0.392 e. The summed E-state index contributed by atoms with van der Waals surface area (Å²) in [6, 6.07) is 15.6. The minimum absolute atomic E-state index is 0.0888. The average Bonchev–Trinajstić information content (AvgIpc) is 3.33. The van der Waals surface area contributed by atoms with Crippen molar-refractivity contribution in [3.8, 4) is 0 Å². The van der Waals surface area contributed by atoms with Gasteiger partial charge in [0.1, 0.15) is 11.9 Å².